The summed E-state index contributed by atoms with van der Waals surface area (Å²) in [5.74, 6) is 0.961. The maximum Gasteiger partial charge on any atom is 0.134 e. The van der Waals surface area contributed by atoms with Gasteiger partial charge in [0.15, 0.2) is 0 Å². The van der Waals surface area contributed by atoms with Gasteiger partial charge in [0, 0.05) is 28.8 Å². The second kappa shape index (κ2) is 4.21. The van der Waals surface area contributed by atoms with Crippen LogP contribution in [0.1, 0.15) is 13.8 Å². The molecular formula is C10H15IN4. The predicted molar refractivity (Wildman–Crippen MR) is 71.7 cm³/mol. The Hall–Kier alpha value is -0.430. The Balaban J connectivity index is 2.37. The van der Waals surface area contributed by atoms with Gasteiger partial charge in [0.05, 0.1) is 6.34 Å². The van der Waals surface area contributed by atoms with Gasteiger partial charge in [0.1, 0.15) is 12.0 Å². The zero-order valence-electron chi connectivity index (χ0n) is 9.16. The highest BCUT2D eigenvalue weighted by atomic mass is 127. The lowest BCUT2D eigenvalue weighted by atomic mass is 10.2. The molecule has 1 unspecified atom stereocenters. The third-order valence-corrected chi connectivity index (χ3v) is 3.67. The van der Waals surface area contributed by atoms with Crippen molar-refractivity contribution in [2.45, 2.75) is 26.1 Å². The number of rotatable bonds is 1. The van der Waals surface area contributed by atoms with Gasteiger partial charge in [0.2, 0.25) is 0 Å². The van der Waals surface area contributed by atoms with Crippen LogP contribution in [0.5, 0.6) is 0 Å². The summed E-state index contributed by atoms with van der Waals surface area (Å²) in [6.07, 6.45) is 1.91. The Morgan fingerprint density at radius 2 is 2.40 bits per heavy atom. The fourth-order valence-electron chi connectivity index (χ4n) is 1.95. The average Bonchev–Trinajstić information content (AvgIpc) is 2.56. The maximum atomic E-state index is 4.49. The van der Waals surface area contributed by atoms with E-state index in [1.165, 1.54) is 9.15 Å². The van der Waals surface area contributed by atoms with Crippen molar-refractivity contribution in [2.24, 2.45) is 9.98 Å². The van der Waals surface area contributed by atoms with Crippen molar-refractivity contribution in [1.82, 2.24) is 10.2 Å². The summed E-state index contributed by atoms with van der Waals surface area (Å²) < 4.78 is 1.34. The highest BCUT2D eigenvalue weighted by Gasteiger charge is 2.36. The number of hydrogen-bond donors (Lipinski definition) is 1. The van der Waals surface area contributed by atoms with E-state index < -0.39 is 0 Å². The van der Waals surface area contributed by atoms with E-state index in [1.54, 1.807) is 6.34 Å². The van der Waals surface area contributed by atoms with Gasteiger partial charge in [0.25, 0.3) is 0 Å². The highest BCUT2D eigenvalue weighted by molar-refractivity contribution is 14.1. The van der Waals surface area contributed by atoms with Crippen LogP contribution in [0, 0.1) is 0 Å². The quantitative estimate of drug-likeness (QED) is 0.742. The van der Waals surface area contributed by atoms with E-state index in [2.05, 4.69) is 56.6 Å². The third kappa shape index (κ3) is 1.82. The monoisotopic (exact) mass is 318 g/mol. The molecule has 2 aliphatic heterocycles. The Labute approximate surface area is 104 Å². The average molecular weight is 318 g/mol. The number of hydrogen-bond acceptors (Lipinski definition) is 3. The second-order valence-corrected chi connectivity index (χ2v) is 5.26. The molecule has 0 radical (unpaired) electrons. The molecule has 0 aromatic rings. The minimum atomic E-state index is 0.164. The first-order chi connectivity index (χ1) is 7.15. The SMILES string of the molecule is CN=C1NC=NC2C1=C(I)CN2C(C)C. The van der Waals surface area contributed by atoms with E-state index in [9.17, 15) is 0 Å². The molecule has 0 aromatic carbocycles. The van der Waals surface area contributed by atoms with Gasteiger partial charge in [-0.15, -0.1) is 0 Å². The van der Waals surface area contributed by atoms with Crippen LogP contribution < -0.4 is 5.32 Å². The molecule has 15 heavy (non-hydrogen) atoms. The van der Waals surface area contributed by atoms with E-state index in [0.29, 0.717) is 6.04 Å². The van der Waals surface area contributed by atoms with Gasteiger partial charge in [-0.2, -0.15) is 0 Å². The Morgan fingerprint density at radius 3 is 3.00 bits per heavy atom. The smallest absolute Gasteiger partial charge is 0.134 e. The Bertz CT molecular complexity index is 356. The normalized spacial score (nSPS) is 28.9. The summed E-state index contributed by atoms with van der Waals surface area (Å²) in [5, 5.41) is 3.10. The largest absolute Gasteiger partial charge is 0.331 e. The summed E-state index contributed by atoms with van der Waals surface area (Å²) in [6.45, 7) is 5.39. The van der Waals surface area contributed by atoms with Crippen molar-refractivity contribution in [1.29, 1.82) is 0 Å². The van der Waals surface area contributed by atoms with Crippen LogP contribution in [0.3, 0.4) is 0 Å². The number of aliphatic imine (C=N–C) groups is 2. The number of fused-ring (bicyclic) bond motifs is 1. The molecule has 0 saturated carbocycles. The van der Waals surface area contributed by atoms with Gasteiger partial charge in [-0.3, -0.25) is 14.9 Å². The first-order valence-electron chi connectivity index (χ1n) is 5.04. The maximum absolute atomic E-state index is 4.49. The lowest BCUT2D eigenvalue weighted by Crippen LogP contribution is -2.43. The molecule has 0 saturated heterocycles. The van der Waals surface area contributed by atoms with Crippen LogP contribution in [0.4, 0.5) is 0 Å². The zero-order chi connectivity index (χ0) is 11.0. The molecule has 0 aliphatic carbocycles. The summed E-state index contributed by atoms with van der Waals surface area (Å²) in [7, 11) is 1.81. The van der Waals surface area contributed by atoms with Gasteiger partial charge in [-0.25, -0.2) is 0 Å². The minimum Gasteiger partial charge on any atom is -0.331 e. The van der Waals surface area contributed by atoms with Gasteiger partial charge in [-0.1, -0.05) is 0 Å². The number of amidine groups is 1. The molecule has 0 fully saturated rings. The Kier molecular flexibility index (Phi) is 3.11. The van der Waals surface area contributed by atoms with Crippen molar-refractivity contribution in [2.75, 3.05) is 13.6 Å². The molecule has 2 heterocycles. The number of halogens is 1. The molecular weight excluding hydrogens is 303 g/mol. The molecule has 1 atom stereocenters. The minimum absolute atomic E-state index is 0.164. The molecule has 2 aliphatic rings. The lowest BCUT2D eigenvalue weighted by Gasteiger charge is -2.29. The fourth-order valence-corrected chi connectivity index (χ4v) is 2.87. The molecule has 82 valence electrons. The van der Waals surface area contributed by atoms with Gasteiger partial charge in [-0.05, 0) is 36.4 Å². The van der Waals surface area contributed by atoms with Gasteiger partial charge < -0.3 is 5.32 Å². The standard InChI is InChI=1S/C10H15IN4/c1-6(2)15-4-7(11)8-9(12-3)13-5-14-10(8)15/h5-6,10H,4H2,1-3H3,(H,12,13,14). The summed E-state index contributed by atoms with van der Waals surface area (Å²) in [4.78, 5) is 11.1. The molecule has 0 spiro atoms. The molecule has 0 aromatic heterocycles. The van der Waals surface area contributed by atoms with E-state index in [-0.39, 0.29) is 6.17 Å². The van der Waals surface area contributed by atoms with Crippen LogP contribution in [0.25, 0.3) is 0 Å². The molecule has 0 amide bonds. The molecule has 5 heteroatoms. The van der Waals surface area contributed by atoms with Crippen LogP contribution in [0.2, 0.25) is 0 Å². The predicted octanol–water partition coefficient (Wildman–Crippen LogP) is 1.39. The zero-order valence-corrected chi connectivity index (χ0v) is 11.3. The second-order valence-electron chi connectivity index (χ2n) is 3.95. The lowest BCUT2D eigenvalue weighted by molar-refractivity contribution is 0.220. The van der Waals surface area contributed by atoms with E-state index in [4.69, 9.17) is 0 Å². The van der Waals surface area contributed by atoms with Crippen molar-refractivity contribution in [3.8, 4) is 0 Å². The number of nitrogens with zero attached hydrogens (tertiary/aromatic N) is 3. The van der Waals surface area contributed by atoms with Crippen molar-refractivity contribution >= 4 is 34.8 Å². The molecule has 1 N–H and O–H groups in total. The summed E-state index contributed by atoms with van der Waals surface area (Å²) >= 11 is 2.40. The van der Waals surface area contributed by atoms with Crippen LogP contribution >= 0.6 is 22.6 Å². The van der Waals surface area contributed by atoms with Crippen LogP contribution in [-0.4, -0.2) is 42.9 Å². The Morgan fingerprint density at radius 1 is 1.67 bits per heavy atom. The summed E-state index contributed by atoms with van der Waals surface area (Å²) in [5.41, 5.74) is 1.24. The van der Waals surface area contributed by atoms with E-state index >= 15 is 0 Å². The topological polar surface area (TPSA) is 40.0 Å². The fraction of sp³-hybridized carbons (Fsp3) is 0.600. The van der Waals surface area contributed by atoms with Crippen molar-refractivity contribution in [3.63, 3.8) is 0 Å². The molecule has 2 rings (SSSR count). The van der Waals surface area contributed by atoms with Crippen LogP contribution in [0.15, 0.2) is 19.1 Å². The first-order valence-corrected chi connectivity index (χ1v) is 6.12. The third-order valence-electron chi connectivity index (χ3n) is 2.75. The van der Waals surface area contributed by atoms with Crippen molar-refractivity contribution < 1.29 is 0 Å². The van der Waals surface area contributed by atoms with E-state index in [1.807, 2.05) is 7.05 Å². The van der Waals surface area contributed by atoms with Crippen molar-refractivity contribution in [3.05, 3.63) is 9.15 Å². The molecule has 0 bridgehead atoms. The first kappa shape index (κ1) is 11.1. The van der Waals surface area contributed by atoms with Crippen LogP contribution in [-0.2, 0) is 0 Å². The summed E-state index contributed by atoms with van der Waals surface area (Å²) in [6, 6.07) is 0.505. The van der Waals surface area contributed by atoms with Gasteiger partial charge >= 0.3 is 0 Å². The molecule has 4 nitrogen and oxygen atoms in total. The highest BCUT2D eigenvalue weighted by Crippen LogP contribution is 2.32. The number of nitrogens with one attached hydrogen (secondary N) is 1. The van der Waals surface area contributed by atoms with E-state index in [0.717, 1.165) is 12.4 Å².